The van der Waals surface area contributed by atoms with Gasteiger partial charge in [-0.05, 0) is 22.8 Å². The van der Waals surface area contributed by atoms with Gasteiger partial charge >= 0.3 is 0 Å². The van der Waals surface area contributed by atoms with Crippen LogP contribution in [0.5, 0.6) is 0 Å². The Balaban J connectivity index is 1.49. The average Bonchev–Trinajstić information content (AvgIpc) is 3.53. The molecule has 35 heavy (non-hydrogen) atoms. The van der Waals surface area contributed by atoms with E-state index in [0.29, 0.717) is 0 Å². The third kappa shape index (κ3) is 3.76. The second-order valence-corrected chi connectivity index (χ2v) is 11.8. The van der Waals surface area contributed by atoms with Crippen LogP contribution in [0.15, 0.2) is 84.6 Å². The molecule has 1 aliphatic carbocycles. The van der Waals surface area contributed by atoms with E-state index in [1.54, 1.807) is 0 Å². The standard InChI is InChI=1S/C33H33NS/c1-22-14-16-28-27-17-15-24(23-10-6-5-7-11-23)20-30(27)35-32(28)31(22)29-21-26(18-19-34(29)4)33(2,3)25-12-8-9-13-25/h5-7,10-11,14-21,25H,4,8-9,12-13H2,1-3H3. The zero-order chi connectivity index (χ0) is 24.2. The number of nitrogens with zero attached hydrogens (tertiary/aromatic N) is 1. The number of benzene rings is 3. The molecule has 0 saturated heterocycles. The second-order valence-electron chi connectivity index (χ2n) is 10.8. The van der Waals surface area contributed by atoms with Gasteiger partial charge in [0.25, 0.3) is 0 Å². The molecule has 0 unspecified atom stereocenters. The summed E-state index contributed by atoms with van der Waals surface area (Å²) in [4.78, 5) is 0. The SMILES string of the molecule is C=[N+]1C=CC(C(C)(C)C2CCCC2)=C[C-]1c1c(C)ccc2c1[s+][c-]1cc(-c3ccccc3)ccc21. The van der Waals surface area contributed by atoms with Crippen LogP contribution in [-0.4, -0.2) is 11.3 Å². The summed E-state index contributed by atoms with van der Waals surface area (Å²) in [5.41, 5.74) is 6.77. The van der Waals surface area contributed by atoms with Crippen LogP contribution in [-0.2, 0) is 0 Å². The maximum atomic E-state index is 4.39. The summed E-state index contributed by atoms with van der Waals surface area (Å²) in [6.45, 7) is 11.5. The van der Waals surface area contributed by atoms with Gasteiger partial charge in [-0.25, -0.2) is 0 Å². The highest BCUT2D eigenvalue weighted by Gasteiger charge is 2.35. The highest BCUT2D eigenvalue weighted by atomic mass is 32.1. The van der Waals surface area contributed by atoms with Crippen molar-refractivity contribution in [1.29, 1.82) is 0 Å². The van der Waals surface area contributed by atoms with Crippen molar-refractivity contribution in [2.24, 2.45) is 11.3 Å². The molecule has 1 aliphatic heterocycles. The molecule has 3 aromatic carbocycles. The summed E-state index contributed by atoms with van der Waals surface area (Å²) in [5, 5.41) is 2.68. The maximum absolute atomic E-state index is 4.39. The summed E-state index contributed by atoms with van der Waals surface area (Å²) in [6.07, 6.45) is 12.3. The Labute approximate surface area is 213 Å². The average molecular weight is 476 g/mol. The molecule has 2 aliphatic rings. The van der Waals surface area contributed by atoms with Gasteiger partial charge in [0, 0.05) is 5.56 Å². The van der Waals surface area contributed by atoms with Crippen LogP contribution in [0.25, 0.3) is 31.3 Å². The number of hydrogen-bond donors (Lipinski definition) is 0. The highest BCUT2D eigenvalue weighted by Crippen LogP contribution is 2.48. The Kier molecular flexibility index (Phi) is 5.45. The normalized spacial score (nSPS) is 17.1. The van der Waals surface area contributed by atoms with Crippen LogP contribution < -0.4 is 0 Å². The predicted octanol–water partition coefficient (Wildman–Crippen LogP) is 9.29. The fourth-order valence-corrected chi connectivity index (χ4v) is 7.44. The minimum Gasteiger partial charge on any atom is -0.255 e. The van der Waals surface area contributed by atoms with Gasteiger partial charge in [-0.2, -0.15) is 0 Å². The quantitative estimate of drug-likeness (QED) is 0.157. The predicted molar refractivity (Wildman–Crippen MR) is 152 cm³/mol. The fraction of sp³-hybridized carbons (Fsp3) is 0.273. The maximum Gasteiger partial charge on any atom is 0.159 e. The van der Waals surface area contributed by atoms with Crippen molar-refractivity contribution in [3.63, 3.8) is 0 Å². The van der Waals surface area contributed by atoms with Gasteiger partial charge in [0.2, 0.25) is 0 Å². The number of allylic oxidation sites excluding steroid dienone is 2. The Morgan fingerprint density at radius 1 is 0.971 bits per heavy atom. The molecule has 2 heterocycles. The van der Waals surface area contributed by atoms with Crippen LogP contribution in [0.2, 0.25) is 0 Å². The lowest BCUT2D eigenvalue weighted by Crippen LogP contribution is -2.27. The number of aryl methyl sites for hydroxylation is 1. The molecule has 0 amide bonds. The van der Waals surface area contributed by atoms with Crippen molar-refractivity contribution < 1.29 is 4.58 Å². The smallest absolute Gasteiger partial charge is 0.159 e. The number of hydrogen-bond acceptors (Lipinski definition) is 0. The molecule has 0 spiro atoms. The first-order valence-corrected chi connectivity index (χ1v) is 13.6. The van der Waals surface area contributed by atoms with Gasteiger partial charge in [0.1, 0.15) is 17.5 Å². The van der Waals surface area contributed by atoms with E-state index in [0.717, 1.165) is 5.92 Å². The van der Waals surface area contributed by atoms with E-state index >= 15 is 0 Å². The number of fused-ring (bicyclic) bond motifs is 3. The van der Waals surface area contributed by atoms with Gasteiger partial charge in [-0.1, -0.05) is 129 Å². The molecule has 4 aromatic rings. The molecule has 1 nitrogen and oxygen atoms in total. The lowest BCUT2D eigenvalue weighted by molar-refractivity contribution is -0.418. The van der Waals surface area contributed by atoms with Crippen LogP contribution in [0.3, 0.4) is 0 Å². The van der Waals surface area contributed by atoms with E-state index in [4.69, 9.17) is 0 Å². The van der Waals surface area contributed by atoms with Crippen LogP contribution in [0, 0.1) is 24.3 Å². The first-order chi connectivity index (χ1) is 16.9. The number of rotatable bonds is 4. The van der Waals surface area contributed by atoms with Gasteiger partial charge in [-0.3, -0.25) is 4.58 Å². The Bertz CT molecular complexity index is 1490. The molecule has 0 radical (unpaired) electrons. The third-order valence-electron chi connectivity index (χ3n) is 8.37. The van der Waals surface area contributed by atoms with Crippen molar-refractivity contribution in [2.45, 2.75) is 46.5 Å². The molecule has 0 atom stereocenters. The largest absolute Gasteiger partial charge is 0.255 e. The fourth-order valence-electron chi connectivity index (χ4n) is 6.10. The zero-order valence-electron chi connectivity index (χ0n) is 21.0. The van der Waals surface area contributed by atoms with Crippen molar-refractivity contribution in [3.8, 4) is 11.1 Å². The first-order valence-electron chi connectivity index (χ1n) is 12.8. The summed E-state index contributed by atoms with van der Waals surface area (Å²) < 4.78 is 4.76. The minimum absolute atomic E-state index is 0.173. The molecular weight excluding hydrogens is 442 g/mol. The van der Waals surface area contributed by atoms with E-state index < -0.39 is 0 Å². The highest BCUT2D eigenvalue weighted by molar-refractivity contribution is 7.26. The van der Waals surface area contributed by atoms with Gasteiger partial charge < -0.3 is 0 Å². The number of thiophene rings is 1. The summed E-state index contributed by atoms with van der Waals surface area (Å²) >= 11 is 1.91. The lowest BCUT2D eigenvalue weighted by Gasteiger charge is -2.37. The molecule has 1 saturated carbocycles. The van der Waals surface area contributed by atoms with E-state index in [1.165, 1.54) is 79.7 Å². The zero-order valence-corrected chi connectivity index (χ0v) is 21.8. The molecule has 2 heteroatoms. The van der Waals surface area contributed by atoms with Crippen LogP contribution >= 0.6 is 11.3 Å². The summed E-state index contributed by atoms with van der Waals surface area (Å²) in [5.74, 6) is 0.758. The van der Waals surface area contributed by atoms with Gasteiger partial charge in [0.05, 0.1) is 6.72 Å². The second kappa shape index (κ2) is 8.53. The van der Waals surface area contributed by atoms with Crippen LogP contribution in [0.4, 0.5) is 0 Å². The Morgan fingerprint density at radius 3 is 2.51 bits per heavy atom. The van der Waals surface area contributed by atoms with E-state index in [1.807, 2.05) is 11.3 Å². The van der Waals surface area contributed by atoms with E-state index in [9.17, 15) is 0 Å². The van der Waals surface area contributed by atoms with Gasteiger partial charge in [0.15, 0.2) is 15.4 Å². The van der Waals surface area contributed by atoms with Crippen molar-refractivity contribution in [2.75, 3.05) is 0 Å². The summed E-state index contributed by atoms with van der Waals surface area (Å²) in [6, 6.07) is 23.4. The monoisotopic (exact) mass is 475 g/mol. The minimum atomic E-state index is 0.173. The van der Waals surface area contributed by atoms with E-state index in [2.05, 4.69) is 111 Å². The van der Waals surface area contributed by atoms with Crippen LogP contribution in [0.1, 0.15) is 50.7 Å². The van der Waals surface area contributed by atoms with Crippen molar-refractivity contribution >= 4 is 38.2 Å². The first kappa shape index (κ1) is 22.4. The molecule has 1 aromatic heterocycles. The lowest BCUT2D eigenvalue weighted by atomic mass is 9.70. The van der Waals surface area contributed by atoms with Crippen molar-refractivity contribution in [1.82, 2.24) is 0 Å². The van der Waals surface area contributed by atoms with Gasteiger partial charge in [-0.15, -0.1) is 12.1 Å². The summed E-state index contributed by atoms with van der Waals surface area (Å²) in [7, 11) is 0. The Morgan fingerprint density at radius 2 is 1.74 bits per heavy atom. The molecule has 0 N–H and O–H groups in total. The molecule has 0 bridgehead atoms. The third-order valence-corrected chi connectivity index (χ3v) is 9.55. The molecular formula is C33H33NS. The molecule has 176 valence electrons. The molecule has 1 fully saturated rings. The Hall–Kier alpha value is -3.10. The topological polar surface area (TPSA) is 3.01 Å². The van der Waals surface area contributed by atoms with E-state index in [-0.39, 0.29) is 5.41 Å². The molecule has 6 rings (SSSR count). The van der Waals surface area contributed by atoms with Crippen molar-refractivity contribution in [3.05, 3.63) is 102 Å².